The van der Waals surface area contributed by atoms with Crippen LogP contribution in [0.2, 0.25) is 0 Å². The minimum atomic E-state index is 0.0277. The topological polar surface area (TPSA) is 52.6 Å². The van der Waals surface area contributed by atoms with Gasteiger partial charge in [-0.15, -0.1) is 0 Å². The number of unbranched alkanes of at least 4 members (excludes halogenated alkanes) is 11. The molecule has 4 unspecified atom stereocenters. The van der Waals surface area contributed by atoms with Crippen LogP contribution in [-0.4, -0.2) is 25.2 Å². The van der Waals surface area contributed by atoms with Crippen molar-refractivity contribution in [1.29, 1.82) is 0 Å². The molecule has 0 aliphatic heterocycles. The largest absolute Gasteiger partial charge is 0.465 e. The fourth-order valence-electron chi connectivity index (χ4n) is 5.99. The van der Waals surface area contributed by atoms with Gasteiger partial charge in [0.2, 0.25) is 0 Å². The van der Waals surface area contributed by atoms with Crippen LogP contribution in [0.25, 0.3) is 0 Å². The Hall–Kier alpha value is -1.06. The van der Waals surface area contributed by atoms with E-state index in [4.69, 9.17) is 9.47 Å². The number of esters is 2. The van der Waals surface area contributed by atoms with E-state index in [1.165, 1.54) is 89.9 Å². The number of hydrogen-bond acceptors (Lipinski definition) is 4. The van der Waals surface area contributed by atoms with Crippen LogP contribution in [-0.2, 0) is 19.1 Å². The van der Waals surface area contributed by atoms with Crippen molar-refractivity contribution in [3.05, 3.63) is 0 Å². The molecule has 0 heterocycles. The zero-order chi connectivity index (χ0) is 31.3. The molecule has 0 aliphatic carbocycles. The Labute approximate surface area is 263 Å². The maximum absolute atomic E-state index is 12.2. The third-order valence-electron chi connectivity index (χ3n) is 9.28. The molecular weight excluding hydrogens is 520 g/mol. The van der Waals surface area contributed by atoms with E-state index in [1.807, 2.05) is 0 Å². The molecule has 0 spiro atoms. The van der Waals surface area contributed by atoms with Gasteiger partial charge < -0.3 is 9.47 Å². The smallest absolute Gasteiger partial charge is 0.308 e. The highest BCUT2D eigenvalue weighted by molar-refractivity contribution is 5.72. The number of ether oxygens (including phenoxy) is 2. The van der Waals surface area contributed by atoms with Gasteiger partial charge in [-0.1, -0.05) is 157 Å². The van der Waals surface area contributed by atoms with Gasteiger partial charge in [-0.25, -0.2) is 0 Å². The molecule has 4 atom stereocenters. The monoisotopic (exact) mass is 595 g/mol. The summed E-state index contributed by atoms with van der Waals surface area (Å²) in [5.41, 5.74) is 0. The van der Waals surface area contributed by atoms with Crippen molar-refractivity contribution in [3.63, 3.8) is 0 Å². The Balaban J connectivity index is 3.55. The molecule has 42 heavy (non-hydrogen) atoms. The van der Waals surface area contributed by atoms with Gasteiger partial charge in [-0.2, -0.15) is 0 Å². The summed E-state index contributed by atoms with van der Waals surface area (Å²) < 4.78 is 11.0. The van der Waals surface area contributed by atoms with E-state index in [0.717, 1.165) is 76.0 Å². The highest BCUT2D eigenvalue weighted by atomic mass is 16.5. The molecule has 4 heteroatoms. The van der Waals surface area contributed by atoms with E-state index in [2.05, 4.69) is 41.5 Å². The zero-order valence-electron chi connectivity index (χ0n) is 29.3. The molecule has 0 aromatic carbocycles. The Morgan fingerprint density at radius 1 is 0.429 bits per heavy atom. The predicted molar refractivity (Wildman–Crippen MR) is 181 cm³/mol. The summed E-state index contributed by atoms with van der Waals surface area (Å²) >= 11 is 0. The summed E-state index contributed by atoms with van der Waals surface area (Å²) in [6.45, 7) is 14.6. The van der Waals surface area contributed by atoms with Crippen molar-refractivity contribution < 1.29 is 19.1 Å². The van der Waals surface area contributed by atoms with Gasteiger partial charge in [0.1, 0.15) is 0 Å². The lowest BCUT2D eigenvalue weighted by Crippen LogP contribution is -2.17. The first-order chi connectivity index (χ1) is 20.4. The normalized spacial score (nSPS) is 14.3. The van der Waals surface area contributed by atoms with E-state index in [-0.39, 0.29) is 23.8 Å². The minimum absolute atomic E-state index is 0.0277. The van der Waals surface area contributed by atoms with Crippen LogP contribution in [0.5, 0.6) is 0 Å². The zero-order valence-corrected chi connectivity index (χ0v) is 29.3. The van der Waals surface area contributed by atoms with Crippen molar-refractivity contribution in [2.45, 2.75) is 196 Å². The Kier molecular flexibility index (Phi) is 29.2. The van der Waals surface area contributed by atoms with Crippen LogP contribution in [0.1, 0.15) is 196 Å². The highest BCUT2D eigenvalue weighted by Gasteiger charge is 2.18. The van der Waals surface area contributed by atoms with E-state index in [9.17, 15) is 9.59 Å². The molecule has 0 radical (unpaired) electrons. The quantitative estimate of drug-likeness (QED) is 0.0591. The molecule has 0 saturated heterocycles. The van der Waals surface area contributed by atoms with Crippen molar-refractivity contribution in [2.24, 2.45) is 23.7 Å². The van der Waals surface area contributed by atoms with Gasteiger partial charge in [-0.3, -0.25) is 9.59 Å². The van der Waals surface area contributed by atoms with E-state index >= 15 is 0 Å². The Morgan fingerprint density at radius 3 is 1.12 bits per heavy atom. The lowest BCUT2D eigenvalue weighted by Gasteiger charge is -2.15. The van der Waals surface area contributed by atoms with Crippen molar-refractivity contribution in [3.8, 4) is 0 Å². The molecule has 0 N–H and O–H groups in total. The molecule has 0 aromatic rings. The molecular formula is C38H74O4. The van der Waals surface area contributed by atoms with Crippen LogP contribution in [0.3, 0.4) is 0 Å². The molecule has 4 nitrogen and oxygen atoms in total. The second kappa shape index (κ2) is 30.0. The summed E-state index contributed by atoms with van der Waals surface area (Å²) in [5, 5.41) is 0. The molecule has 0 aromatic heterocycles. The first-order valence-corrected chi connectivity index (χ1v) is 18.7. The molecule has 0 bridgehead atoms. The van der Waals surface area contributed by atoms with Crippen molar-refractivity contribution in [2.75, 3.05) is 13.2 Å². The Bertz CT molecular complexity index is 604. The molecule has 0 saturated carbocycles. The number of carbonyl (C=O) groups is 2. The second-order valence-corrected chi connectivity index (χ2v) is 13.4. The summed E-state index contributed by atoms with van der Waals surface area (Å²) in [6, 6.07) is 0. The number of hydrogen-bond donors (Lipinski definition) is 0. The molecule has 0 fully saturated rings. The van der Waals surface area contributed by atoms with Gasteiger partial charge in [-0.05, 0) is 50.4 Å². The lowest BCUT2D eigenvalue weighted by atomic mass is 9.92. The number of carbonyl (C=O) groups excluding carboxylic acids is 2. The Morgan fingerprint density at radius 2 is 0.762 bits per heavy atom. The molecule has 0 aliphatic rings. The molecule has 0 amide bonds. The average molecular weight is 595 g/mol. The fraction of sp³-hybridized carbons (Fsp3) is 0.947. The van der Waals surface area contributed by atoms with Crippen molar-refractivity contribution in [1.82, 2.24) is 0 Å². The van der Waals surface area contributed by atoms with Crippen LogP contribution in [0.4, 0.5) is 0 Å². The standard InChI is InChI=1S/C38H74O4/c1-7-11-29-35(9-3)37(39)41-31-22-18-14-13-16-20-25-33(5)27-24-28-34(6)26-21-17-15-19-23-32-42-38(40)36(10-4)30-12-8-2/h33-36H,7-32H2,1-6H3. The minimum Gasteiger partial charge on any atom is -0.465 e. The SMILES string of the molecule is CCCCC(CC)C(=O)OCCCCCCCCC(C)CCCC(C)CCCCCCCOC(=O)C(CC)CCCC. The van der Waals surface area contributed by atoms with E-state index in [1.54, 1.807) is 0 Å². The molecule has 0 rings (SSSR count). The summed E-state index contributed by atoms with van der Waals surface area (Å²) in [7, 11) is 0. The van der Waals surface area contributed by atoms with Gasteiger partial charge >= 0.3 is 11.9 Å². The fourth-order valence-corrected chi connectivity index (χ4v) is 5.99. The first-order valence-electron chi connectivity index (χ1n) is 18.7. The lowest BCUT2D eigenvalue weighted by molar-refractivity contribution is -0.150. The summed E-state index contributed by atoms with van der Waals surface area (Å²) in [6.07, 6.45) is 28.7. The van der Waals surface area contributed by atoms with Gasteiger partial charge in [0.15, 0.2) is 0 Å². The maximum atomic E-state index is 12.2. The van der Waals surface area contributed by atoms with E-state index < -0.39 is 0 Å². The predicted octanol–water partition coefficient (Wildman–Crippen LogP) is 12.0. The van der Waals surface area contributed by atoms with Gasteiger partial charge in [0, 0.05) is 0 Å². The number of rotatable bonds is 31. The van der Waals surface area contributed by atoms with Gasteiger partial charge in [0.05, 0.1) is 25.0 Å². The van der Waals surface area contributed by atoms with Crippen LogP contribution >= 0.6 is 0 Å². The van der Waals surface area contributed by atoms with Crippen LogP contribution < -0.4 is 0 Å². The first kappa shape index (κ1) is 40.9. The van der Waals surface area contributed by atoms with E-state index in [0.29, 0.717) is 13.2 Å². The average Bonchev–Trinajstić information content (AvgIpc) is 2.98. The van der Waals surface area contributed by atoms with Crippen molar-refractivity contribution >= 4 is 11.9 Å². The molecule has 250 valence electrons. The van der Waals surface area contributed by atoms with Gasteiger partial charge in [0.25, 0.3) is 0 Å². The third-order valence-corrected chi connectivity index (χ3v) is 9.28. The summed E-state index contributed by atoms with van der Waals surface area (Å²) in [5.74, 6) is 1.96. The maximum Gasteiger partial charge on any atom is 0.308 e. The second-order valence-electron chi connectivity index (χ2n) is 13.4. The third kappa shape index (κ3) is 24.4. The summed E-state index contributed by atoms with van der Waals surface area (Å²) in [4.78, 5) is 24.3. The van der Waals surface area contributed by atoms with Crippen LogP contribution in [0, 0.1) is 23.7 Å². The highest BCUT2D eigenvalue weighted by Crippen LogP contribution is 2.22. The van der Waals surface area contributed by atoms with Crippen LogP contribution in [0.15, 0.2) is 0 Å².